The van der Waals surface area contributed by atoms with E-state index in [2.05, 4.69) is 0 Å². The zero-order chi connectivity index (χ0) is 9.59. The molecule has 0 aromatic rings. The number of hydrogen-bond acceptors (Lipinski definition) is 5. The summed E-state index contributed by atoms with van der Waals surface area (Å²) >= 11 is 0. The molecule has 5 heteroatoms. The van der Waals surface area contributed by atoms with Gasteiger partial charge in [0.1, 0.15) is 24.4 Å². The fourth-order valence-corrected chi connectivity index (χ4v) is 1.82. The molecule has 2 rings (SSSR count). The Balaban J connectivity index is 2.33. The molecule has 13 heavy (non-hydrogen) atoms. The smallest absolute Gasteiger partial charge is 0.167 e. The minimum absolute atomic E-state index is 0.477. The maximum atomic E-state index is 9.46. The lowest BCUT2D eigenvalue weighted by Gasteiger charge is -2.22. The van der Waals surface area contributed by atoms with Crippen LogP contribution in [0.25, 0.3) is 0 Å². The van der Waals surface area contributed by atoms with Crippen molar-refractivity contribution in [1.82, 2.24) is 0 Å². The molecule has 2 aliphatic heterocycles. The maximum Gasteiger partial charge on any atom is 0.167 e. The highest BCUT2D eigenvalue weighted by Crippen LogP contribution is 2.39. The molecule has 2 unspecified atom stereocenters. The summed E-state index contributed by atoms with van der Waals surface area (Å²) in [5, 5.41) is 18.9. The first kappa shape index (κ1) is 8.80. The molecule has 0 aliphatic carbocycles. The molecule has 4 atom stereocenters. The van der Waals surface area contributed by atoms with Gasteiger partial charge in [-0.25, -0.2) is 0 Å². The van der Waals surface area contributed by atoms with Crippen molar-refractivity contribution in [2.45, 2.75) is 24.4 Å². The van der Waals surface area contributed by atoms with E-state index in [-0.39, 0.29) is 0 Å². The van der Waals surface area contributed by atoms with Crippen LogP contribution in [0.2, 0.25) is 0 Å². The molecule has 74 valence electrons. The fraction of sp³-hybridized carbons (Fsp3) is 0.750. The average Bonchev–Trinajstić information content (AvgIpc) is 2.63. The molecule has 0 spiro atoms. The van der Waals surface area contributed by atoms with E-state index in [9.17, 15) is 10.2 Å². The second-order valence-corrected chi connectivity index (χ2v) is 3.10. The van der Waals surface area contributed by atoms with Crippen molar-refractivity contribution in [3.63, 3.8) is 0 Å². The van der Waals surface area contributed by atoms with Crippen molar-refractivity contribution in [1.29, 1.82) is 0 Å². The van der Waals surface area contributed by atoms with E-state index in [1.54, 1.807) is 0 Å². The minimum Gasteiger partial charge on any atom is -0.495 e. The SMILES string of the molecule is COC1=C(OC)C2OC1[C@@H](O)[C@H]2O. The van der Waals surface area contributed by atoms with E-state index in [0.29, 0.717) is 11.5 Å². The quantitative estimate of drug-likeness (QED) is 0.581. The van der Waals surface area contributed by atoms with Crippen molar-refractivity contribution < 1.29 is 24.4 Å². The number of aliphatic hydroxyl groups is 2. The first-order chi connectivity index (χ1) is 6.20. The van der Waals surface area contributed by atoms with Gasteiger partial charge in [-0.2, -0.15) is 0 Å². The van der Waals surface area contributed by atoms with E-state index in [0.717, 1.165) is 0 Å². The number of aliphatic hydroxyl groups excluding tert-OH is 2. The highest BCUT2D eigenvalue weighted by molar-refractivity contribution is 5.27. The topological polar surface area (TPSA) is 68.2 Å². The second kappa shape index (κ2) is 2.87. The molecule has 2 bridgehead atoms. The van der Waals surface area contributed by atoms with Crippen LogP contribution in [0.3, 0.4) is 0 Å². The Morgan fingerprint density at radius 2 is 1.38 bits per heavy atom. The Morgan fingerprint density at radius 3 is 1.69 bits per heavy atom. The van der Waals surface area contributed by atoms with Gasteiger partial charge in [0.2, 0.25) is 0 Å². The van der Waals surface area contributed by atoms with Gasteiger partial charge < -0.3 is 24.4 Å². The Bertz CT molecular complexity index is 225. The van der Waals surface area contributed by atoms with Crippen molar-refractivity contribution in [2.24, 2.45) is 0 Å². The van der Waals surface area contributed by atoms with Gasteiger partial charge in [0, 0.05) is 0 Å². The van der Waals surface area contributed by atoms with Gasteiger partial charge >= 0.3 is 0 Å². The van der Waals surface area contributed by atoms with Gasteiger partial charge in [-0.15, -0.1) is 0 Å². The molecular formula is C8H12O5. The lowest BCUT2D eigenvalue weighted by molar-refractivity contribution is 0.00832. The average molecular weight is 188 g/mol. The zero-order valence-electron chi connectivity index (χ0n) is 7.43. The molecule has 0 radical (unpaired) electrons. The zero-order valence-corrected chi connectivity index (χ0v) is 7.43. The third-order valence-corrected chi connectivity index (χ3v) is 2.46. The third-order valence-electron chi connectivity index (χ3n) is 2.46. The first-order valence-electron chi connectivity index (χ1n) is 4.04. The summed E-state index contributed by atoms with van der Waals surface area (Å²) in [5.74, 6) is 0.954. The van der Waals surface area contributed by atoms with Crippen LogP contribution in [-0.2, 0) is 14.2 Å². The van der Waals surface area contributed by atoms with Crippen molar-refractivity contribution in [3.05, 3.63) is 11.5 Å². The van der Waals surface area contributed by atoms with Crippen LogP contribution in [0.5, 0.6) is 0 Å². The summed E-state index contributed by atoms with van der Waals surface area (Å²) in [6.07, 6.45) is -3.00. The molecule has 2 N–H and O–H groups in total. The number of ether oxygens (including phenoxy) is 3. The second-order valence-electron chi connectivity index (χ2n) is 3.10. The summed E-state index contributed by atoms with van der Waals surface area (Å²) in [5.41, 5.74) is 0. The predicted octanol–water partition coefficient (Wildman–Crippen LogP) is -1.01. The molecule has 2 aliphatic rings. The van der Waals surface area contributed by atoms with E-state index >= 15 is 0 Å². The molecule has 0 aromatic carbocycles. The molecule has 0 aromatic heterocycles. The molecule has 0 amide bonds. The Labute approximate surface area is 75.5 Å². The van der Waals surface area contributed by atoms with E-state index < -0.39 is 24.4 Å². The van der Waals surface area contributed by atoms with Gasteiger partial charge in [-0.1, -0.05) is 0 Å². The molecule has 0 saturated carbocycles. The monoisotopic (exact) mass is 188 g/mol. The molecule has 2 heterocycles. The first-order valence-corrected chi connectivity index (χ1v) is 4.04. The number of fused-ring (bicyclic) bond motifs is 2. The van der Waals surface area contributed by atoms with Crippen LogP contribution in [0.15, 0.2) is 11.5 Å². The van der Waals surface area contributed by atoms with Crippen LogP contribution >= 0.6 is 0 Å². The van der Waals surface area contributed by atoms with Crippen LogP contribution in [-0.4, -0.2) is 48.8 Å². The molecule has 5 nitrogen and oxygen atoms in total. The lowest BCUT2D eigenvalue weighted by atomic mass is 9.98. The van der Waals surface area contributed by atoms with Gasteiger partial charge in [0.05, 0.1) is 14.2 Å². The van der Waals surface area contributed by atoms with Crippen LogP contribution in [0.1, 0.15) is 0 Å². The van der Waals surface area contributed by atoms with Crippen LogP contribution < -0.4 is 0 Å². The predicted molar refractivity (Wildman–Crippen MR) is 41.7 cm³/mol. The van der Waals surface area contributed by atoms with Crippen molar-refractivity contribution in [3.8, 4) is 0 Å². The summed E-state index contributed by atoms with van der Waals surface area (Å²) in [4.78, 5) is 0. The Hall–Kier alpha value is -0.780. The Kier molecular flexibility index (Phi) is 1.94. The van der Waals surface area contributed by atoms with Gasteiger partial charge in [-0.05, 0) is 0 Å². The van der Waals surface area contributed by atoms with E-state index in [4.69, 9.17) is 14.2 Å². The normalized spacial score (nSPS) is 42.8. The van der Waals surface area contributed by atoms with E-state index in [1.807, 2.05) is 0 Å². The summed E-state index contributed by atoms with van der Waals surface area (Å²) in [6.45, 7) is 0. The maximum absolute atomic E-state index is 9.46. The van der Waals surface area contributed by atoms with Crippen LogP contribution in [0, 0.1) is 0 Å². The molecular weight excluding hydrogens is 176 g/mol. The third kappa shape index (κ3) is 0.979. The highest BCUT2D eigenvalue weighted by Gasteiger charge is 2.55. The van der Waals surface area contributed by atoms with Crippen molar-refractivity contribution in [2.75, 3.05) is 14.2 Å². The summed E-state index contributed by atoms with van der Waals surface area (Å²) < 4.78 is 15.3. The lowest BCUT2D eigenvalue weighted by Crippen LogP contribution is -2.39. The number of methoxy groups -OCH3 is 2. The molecule has 1 saturated heterocycles. The summed E-state index contributed by atoms with van der Waals surface area (Å²) in [6, 6.07) is 0. The Morgan fingerprint density at radius 1 is 1.00 bits per heavy atom. The highest BCUT2D eigenvalue weighted by atomic mass is 16.6. The standard InChI is InChI=1S/C8H12O5/c1-11-7-5-3(9)4(10)6(13-5)8(7)12-2/h3-6,9-10H,1-2H3/t3-,4+,5?,6?. The summed E-state index contributed by atoms with van der Waals surface area (Å²) in [7, 11) is 2.97. The number of rotatable bonds is 2. The number of hydrogen-bond donors (Lipinski definition) is 2. The van der Waals surface area contributed by atoms with E-state index in [1.165, 1.54) is 14.2 Å². The molecule has 1 fully saturated rings. The van der Waals surface area contributed by atoms with Gasteiger partial charge in [-0.3, -0.25) is 0 Å². The van der Waals surface area contributed by atoms with Crippen LogP contribution in [0.4, 0.5) is 0 Å². The largest absolute Gasteiger partial charge is 0.495 e. The van der Waals surface area contributed by atoms with Gasteiger partial charge in [0.15, 0.2) is 11.5 Å². The van der Waals surface area contributed by atoms with Gasteiger partial charge in [0.25, 0.3) is 0 Å². The minimum atomic E-state index is -0.918. The van der Waals surface area contributed by atoms with Crippen molar-refractivity contribution >= 4 is 0 Å². The fourth-order valence-electron chi connectivity index (χ4n) is 1.82.